The minimum absolute atomic E-state index is 0. The quantitative estimate of drug-likeness (QED) is 0.332. The summed E-state index contributed by atoms with van der Waals surface area (Å²) in [5, 5.41) is 8.93. The zero-order chi connectivity index (χ0) is 14.3. The van der Waals surface area contributed by atoms with Crippen molar-refractivity contribution in [2.24, 2.45) is 0 Å². The molecule has 0 aliphatic carbocycles. The third-order valence-corrected chi connectivity index (χ3v) is 3.82. The van der Waals surface area contributed by atoms with Crippen LogP contribution in [0, 0.1) is 0 Å². The van der Waals surface area contributed by atoms with Crippen molar-refractivity contribution >= 4 is 20.2 Å². The zero-order valence-corrected chi connectivity index (χ0v) is 13.6. The van der Waals surface area contributed by atoms with E-state index in [0.717, 1.165) is 23.1 Å². The van der Waals surface area contributed by atoms with Gasteiger partial charge in [0.25, 0.3) is 6.33 Å². The smallest absolute Gasteiger partial charge is 0.744 e. The van der Waals surface area contributed by atoms with Crippen molar-refractivity contribution in [1.82, 2.24) is 15.5 Å². The number of nitrogens with zero attached hydrogens (tertiary/aromatic N) is 3. The van der Waals surface area contributed by atoms with Gasteiger partial charge in [0, 0.05) is 0 Å². The van der Waals surface area contributed by atoms with Crippen LogP contribution in [0.1, 0.15) is 0 Å². The first kappa shape index (κ1) is 17.2. The monoisotopic (exact) mass is 328 g/mol. The number of aromatic amines is 1. The molecule has 1 aromatic carbocycles. The summed E-state index contributed by atoms with van der Waals surface area (Å²) in [5.74, 6) is 0. The van der Waals surface area contributed by atoms with Crippen LogP contribution < -0.4 is 34.2 Å². The standard InChI is InChI=1S/C7H6N4O6S2.Na/c12-18(13,14)5-1-2-6(11-4-8-9-10-11)7(3-5)19(15,16)17;/h1-4H,(H2,12,13,14,15,16,17);/q;+1/p-1. The Balaban J connectivity index is 0.00000200. The van der Waals surface area contributed by atoms with E-state index < -0.39 is 30.0 Å². The molecule has 1 N–H and O–H groups in total. The fourth-order valence-electron chi connectivity index (χ4n) is 1.34. The van der Waals surface area contributed by atoms with Crippen molar-refractivity contribution in [3.63, 3.8) is 0 Å². The van der Waals surface area contributed by atoms with Gasteiger partial charge in [-0.15, -0.1) is 4.68 Å². The van der Waals surface area contributed by atoms with Crippen LogP contribution in [0.4, 0.5) is 0 Å². The molecule has 0 bridgehead atoms. The average molecular weight is 328 g/mol. The maximum absolute atomic E-state index is 11.1. The number of benzene rings is 1. The maximum Gasteiger partial charge on any atom is 1.00 e. The minimum Gasteiger partial charge on any atom is -0.744 e. The van der Waals surface area contributed by atoms with Crippen LogP contribution in [-0.4, -0.2) is 41.5 Å². The molecule has 2 rings (SSSR count). The van der Waals surface area contributed by atoms with Crippen LogP contribution in [0.2, 0.25) is 0 Å². The topological polar surface area (TPSA) is 160 Å². The Morgan fingerprint density at radius 3 is 2.20 bits per heavy atom. The van der Waals surface area contributed by atoms with E-state index in [4.69, 9.17) is 0 Å². The second kappa shape index (κ2) is 5.85. The van der Waals surface area contributed by atoms with Crippen molar-refractivity contribution in [3.05, 3.63) is 24.5 Å². The van der Waals surface area contributed by atoms with Crippen LogP contribution in [0.15, 0.2) is 34.3 Å². The molecule has 102 valence electrons. The summed E-state index contributed by atoms with van der Waals surface area (Å²) in [4.78, 5) is -1.70. The molecule has 0 fully saturated rings. The molecular formula is C7H5N4NaO6S2. The van der Waals surface area contributed by atoms with Crippen LogP contribution in [0.25, 0.3) is 5.69 Å². The Morgan fingerprint density at radius 1 is 1.10 bits per heavy atom. The van der Waals surface area contributed by atoms with E-state index in [9.17, 15) is 25.9 Å². The van der Waals surface area contributed by atoms with Gasteiger partial charge in [-0.2, -0.15) is 0 Å². The molecule has 1 aromatic heterocycles. The second-order valence-electron chi connectivity index (χ2n) is 3.34. The Morgan fingerprint density at radius 2 is 1.75 bits per heavy atom. The van der Waals surface area contributed by atoms with Gasteiger partial charge in [-0.25, -0.2) is 16.8 Å². The third kappa shape index (κ3) is 3.60. The van der Waals surface area contributed by atoms with Crippen molar-refractivity contribution in [2.45, 2.75) is 9.79 Å². The summed E-state index contributed by atoms with van der Waals surface area (Å²) in [6, 6.07) is 2.35. The van der Waals surface area contributed by atoms with Gasteiger partial charge in [-0.05, 0) is 18.2 Å². The van der Waals surface area contributed by atoms with Gasteiger partial charge in [0.15, 0.2) is 5.21 Å². The second-order valence-corrected chi connectivity index (χ2v) is 6.07. The number of tetrazole rings is 1. The summed E-state index contributed by atoms with van der Waals surface area (Å²) >= 11 is 0. The molecule has 0 atom stereocenters. The molecule has 0 aliphatic heterocycles. The van der Waals surface area contributed by atoms with Crippen LogP contribution in [-0.2, 0) is 20.2 Å². The molecule has 0 saturated heterocycles. The van der Waals surface area contributed by atoms with E-state index in [1.165, 1.54) is 0 Å². The van der Waals surface area contributed by atoms with Crippen molar-refractivity contribution < 1.29 is 60.2 Å². The van der Waals surface area contributed by atoms with Crippen LogP contribution >= 0.6 is 0 Å². The molecule has 1 heterocycles. The molecule has 13 heteroatoms. The summed E-state index contributed by atoms with van der Waals surface area (Å²) in [6.45, 7) is 0. The van der Waals surface area contributed by atoms with Gasteiger partial charge in [0.2, 0.25) is 0 Å². The fourth-order valence-corrected chi connectivity index (χ4v) is 2.61. The first-order valence-electron chi connectivity index (χ1n) is 4.53. The van der Waals surface area contributed by atoms with Gasteiger partial charge in [0.05, 0.1) is 9.79 Å². The predicted molar refractivity (Wildman–Crippen MR) is 53.8 cm³/mol. The van der Waals surface area contributed by atoms with E-state index in [2.05, 4.69) is 15.5 Å². The Kier molecular flexibility index (Phi) is 5.02. The molecule has 0 amide bonds. The zero-order valence-electron chi connectivity index (χ0n) is 9.92. The number of hydrogen-bond acceptors (Lipinski definition) is 8. The number of aromatic nitrogens is 4. The molecule has 0 unspecified atom stereocenters. The summed E-state index contributed by atoms with van der Waals surface area (Å²) < 4.78 is 66.8. The molecular weight excluding hydrogens is 323 g/mol. The number of nitrogens with one attached hydrogen (secondary N) is 1. The summed E-state index contributed by atoms with van der Waals surface area (Å²) in [7, 11) is -9.87. The predicted octanol–water partition coefficient (Wildman–Crippen LogP) is -5.11. The van der Waals surface area contributed by atoms with Crippen molar-refractivity contribution in [1.29, 1.82) is 0 Å². The first-order valence-corrected chi connectivity index (χ1v) is 7.35. The van der Waals surface area contributed by atoms with Gasteiger partial charge in [0.1, 0.15) is 31.0 Å². The Hall–Kier alpha value is -0.890. The van der Waals surface area contributed by atoms with E-state index in [-0.39, 0.29) is 35.2 Å². The van der Waals surface area contributed by atoms with Gasteiger partial charge in [-0.1, -0.05) is 5.21 Å². The third-order valence-electron chi connectivity index (χ3n) is 2.13. The maximum atomic E-state index is 11.1. The minimum atomic E-state index is -4.99. The molecule has 20 heavy (non-hydrogen) atoms. The normalized spacial score (nSPS) is 11.9. The molecule has 10 nitrogen and oxygen atoms in total. The van der Waals surface area contributed by atoms with E-state index in [1.807, 2.05) is 0 Å². The summed E-state index contributed by atoms with van der Waals surface area (Å²) in [6.07, 6.45) is 1.06. The molecule has 0 spiro atoms. The van der Waals surface area contributed by atoms with Gasteiger partial charge < -0.3 is 9.11 Å². The van der Waals surface area contributed by atoms with E-state index in [0.29, 0.717) is 6.07 Å². The fraction of sp³-hybridized carbons (Fsp3) is 0. The molecule has 0 aliphatic rings. The first-order chi connectivity index (χ1) is 8.69. The number of hydrogen-bond donors (Lipinski definition) is 1. The largest absolute Gasteiger partial charge is 1.00 e. The van der Waals surface area contributed by atoms with E-state index >= 15 is 0 Å². The van der Waals surface area contributed by atoms with Gasteiger partial charge >= 0.3 is 29.6 Å². The summed E-state index contributed by atoms with van der Waals surface area (Å²) in [5.41, 5.74) is -0.201. The van der Waals surface area contributed by atoms with Crippen molar-refractivity contribution in [3.8, 4) is 5.69 Å². The van der Waals surface area contributed by atoms with E-state index in [1.54, 1.807) is 0 Å². The van der Waals surface area contributed by atoms with Crippen LogP contribution in [0.5, 0.6) is 0 Å². The Bertz CT molecular complexity index is 817. The SMILES string of the molecule is O=S(=O)([O-])c1ccc(-[n+]2cnn[nH]2)c(S(=O)(=O)[O-])c1.[Na+]. The average Bonchev–Trinajstić information content (AvgIpc) is 2.79. The van der Waals surface area contributed by atoms with Gasteiger partial charge in [-0.3, -0.25) is 0 Å². The molecule has 0 saturated carbocycles. The molecule has 0 radical (unpaired) electrons. The number of H-pyrrole nitrogens is 1. The Labute approximate surface area is 135 Å². The van der Waals surface area contributed by atoms with Crippen molar-refractivity contribution in [2.75, 3.05) is 0 Å². The molecule has 2 aromatic rings. The van der Waals surface area contributed by atoms with Crippen LogP contribution in [0.3, 0.4) is 0 Å². The number of rotatable bonds is 3.